The van der Waals surface area contributed by atoms with Crippen molar-refractivity contribution in [3.63, 3.8) is 0 Å². The van der Waals surface area contributed by atoms with Gasteiger partial charge < -0.3 is 10.1 Å². The van der Waals surface area contributed by atoms with Gasteiger partial charge in [0.2, 0.25) is 0 Å². The number of esters is 1. The first-order valence-corrected chi connectivity index (χ1v) is 6.79. The molecule has 0 unspecified atom stereocenters. The Morgan fingerprint density at radius 3 is 2.94 bits per heavy atom. The molecule has 0 aliphatic heterocycles. The smallest absolute Gasteiger partial charge is 0.315 e. The van der Waals surface area contributed by atoms with Crippen LogP contribution in [0.2, 0.25) is 0 Å². The van der Waals surface area contributed by atoms with Gasteiger partial charge in [0.25, 0.3) is 0 Å². The van der Waals surface area contributed by atoms with E-state index in [2.05, 4.69) is 22.2 Å². The maximum atomic E-state index is 11.1. The Kier molecular flexibility index (Phi) is 4.45. The van der Waals surface area contributed by atoms with Gasteiger partial charge in [0.1, 0.15) is 0 Å². The van der Waals surface area contributed by atoms with Gasteiger partial charge in [-0.25, -0.2) is 0 Å². The Morgan fingerprint density at radius 2 is 2.24 bits per heavy atom. The molecule has 4 heteroatoms. The molecule has 0 saturated heterocycles. The standard InChI is InChI=1S/C13H17NO2S/c1-16-13(15)9-17-12-5-3-2-4-10(12)8-14-11-6-7-11/h2-5,11,14H,6-9H2,1H3. The van der Waals surface area contributed by atoms with E-state index in [1.807, 2.05) is 12.1 Å². The molecule has 92 valence electrons. The minimum Gasteiger partial charge on any atom is -0.468 e. The molecule has 0 bridgehead atoms. The summed E-state index contributed by atoms with van der Waals surface area (Å²) in [5.74, 6) is 0.191. The van der Waals surface area contributed by atoms with Crippen LogP contribution in [0.1, 0.15) is 18.4 Å². The van der Waals surface area contributed by atoms with Crippen LogP contribution in [0.15, 0.2) is 29.2 Å². The van der Waals surface area contributed by atoms with E-state index in [-0.39, 0.29) is 5.97 Å². The van der Waals surface area contributed by atoms with E-state index in [1.165, 1.54) is 37.3 Å². The van der Waals surface area contributed by atoms with E-state index in [0.717, 1.165) is 11.4 Å². The zero-order chi connectivity index (χ0) is 12.1. The number of thioether (sulfide) groups is 1. The van der Waals surface area contributed by atoms with Gasteiger partial charge in [-0.3, -0.25) is 4.79 Å². The Labute approximate surface area is 106 Å². The largest absolute Gasteiger partial charge is 0.468 e. The molecule has 0 aromatic heterocycles. The second-order valence-corrected chi connectivity index (χ2v) is 5.14. The van der Waals surface area contributed by atoms with Gasteiger partial charge >= 0.3 is 5.97 Å². The molecule has 0 atom stereocenters. The summed E-state index contributed by atoms with van der Waals surface area (Å²) in [6.07, 6.45) is 2.58. The number of methoxy groups -OCH3 is 1. The first-order chi connectivity index (χ1) is 8.29. The topological polar surface area (TPSA) is 38.3 Å². The summed E-state index contributed by atoms with van der Waals surface area (Å²) in [6.45, 7) is 0.884. The molecule has 1 aliphatic carbocycles. The van der Waals surface area contributed by atoms with Crippen molar-refractivity contribution >= 4 is 17.7 Å². The predicted molar refractivity (Wildman–Crippen MR) is 69.0 cm³/mol. The third-order valence-electron chi connectivity index (χ3n) is 2.70. The van der Waals surface area contributed by atoms with Crippen molar-refractivity contribution in [3.8, 4) is 0 Å². The molecule has 1 N–H and O–H groups in total. The van der Waals surface area contributed by atoms with Crippen LogP contribution in [0.4, 0.5) is 0 Å². The molecule has 17 heavy (non-hydrogen) atoms. The van der Waals surface area contributed by atoms with Crippen molar-refractivity contribution in [2.45, 2.75) is 30.3 Å². The lowest BCUT2D eigenvalue weighted by atomic mass is 10.2. The number of hydrogen-bond acceptors (Lipinski definition) is 4. The van der Waals surface area contributed by atoms with Crippen molar-refractivity contribution in [1.29, 1.82) is 0 Å². The molecule has 1 aliphatic rings. The van der Waals surface area contributed by atoms with E-state index < -0.39 is 0 Å². The van der Waals surface area contributed by atoms with Crippen LogP contribution in [0.3, 0.4) is 0 Å². The third kappa shape index (κ3) is 4.06. The lowest BCUT2D eigenvalue weighted by molar-refractivity contribution is -0.137. The summed E-state index contributed by atoms with van der Waals surface area (Å²) >= 11 is 1.54. The summed E-state index contributed by atoms with van der Waals surface area (Å²) in [4.78, 5) is 12.3. The molecule has 0 heterocycles. The summed E-state index contributed by atoms with van der Waals surface area (Å²) in [7, 11) is 1.42. The lowest BCUT2D eigenvalue weighted by Crippen LogP contribution is -2.16. The average Bonchev–Trinajstić information content (AvgIpc) is 3.18. The third-order valence-corrected chi connectivity index (χ3v) is 3.79. The monoisotopic (exact) mass is 251 g/mol. The molecular weight excluding hydrogens is 234 g/mol. The van der Waals surface area contributed by atoms with E-state index in [4.69, 9.17) is 0 Å². The van der Waals surface area contributed by atoms with Gasteiger partial charge in [-0.05, 0) is 24.5 Å². The highest BCUT2D eigenvalue weighted by atomic mass is 32.2. The van der Waals surface area contributed by atoms with Crippen LogP contribution in [0, 0.1) is 0 Å². The fourth-order valence-electron chi connectivity index (χ4n) is 1.53. The summed E-state index contributed by atoms with van der Waals surface area (Å²) in [5.41, 5.74) is 1.26. The van der Waals surface area contributed by atoms with Crippen LogP contribution >= 0.6 is 11.8 Å². The molecule has 3 nitrogen and oxygen atoms in total. The van der Waals surface area contributed by atoms with Crippen molar-refractivity contribution < 1.29 is 9.53 Å². The van der Waals surface area contributed by atoms with Gasteiger partial charge in [0.05, 0.1) is 12.9 Å². The quantitative estimate of drug-likeness (QED) is 0.621. The Hall–Kier alpha value is -1.00. The summed E-state index contributed by atoms with van der Waals surface area (Å²) in [6, 6.07) is 8.90. The fourth-order valence-corrected chi connectivity index (χ4v) is 2.42. The summed E-state index contributed by atoms with van der Waals surface area (Å²) < 4.78 is 4.64. The van der Waals surface area contributed by atoms with E-state index >= 15 is 0 Å². The van der Waals surface area contributed by atoms with Crippen LogP contribution in [-0.2, 0) is 16.1 Å². The van der Waals surface area contributed by atoms with E-state index in [9.17, 15) is 4.79 Å². The van der Waals surface area contributed by atoms with Gasteiger partial charge in [0, 0.05) is 17.5 Å². The first-order valence-electron chi connectivity index (χ1n) is 5.80. The van der Waals surface area contributed by atoms with Crippen LogP contribution in [0.25, 0.3) is 0 Å². The number of hydrogen-bond donors (Lipinski definition) is 1. The molecule has 0 spiro atoms. The number of carbonyl (C=O) groups is 1. The molecule has 0 amide bonds. The average molecular weight is 251 g/mol. The Morgan fingerprint density at radius 1 is 1.47 bits per heavy atom. The zero-order valence-corrected chi connectivity index (χ0v) is 10.8. The minimum absolute atomic E-state index is 0.181. The maximum Gasteiger partial charge on any atom is 0.315 e. The number of nitrogens with one attached hydrogen (secondary N) is 1. The van der Waals surface area contributed by atoms with E-state index in [0.29, 0.717) is 11.8 Å². The van der Waals surface area contributed by atoms with Gasteiger partial charge in [0.15, 0.2) is 0 Å². The first kappa shape index (κ1) is 12.5. The molecular formula is C13H17NO2S. The lowest BCUT2D eigenvalue weighted by Gasteiger charge is -2.09. The second-order valence-electron chi connectivity index (χ2n) is 4.13. The van der Waals surface area contributed by atoms with Crippen molar-refractivity contribution in [3.05, 3.63) is 29.8 Å². The van der Waals surface area contributed by atoms with Crippen molar-refractivity contribution in [2.75, 3.05) is 12.9 Å². The second kappa shape index (κ2) is 6.07. The normalized spacial score (nSPS) is 14.6. The predicted octanol–water partition coefficient (Wildman–Crippen LogP) is 2.20. The van der Waals surface area contributed by atoms with Crippen molar-refractivity contribution in [2.24, 2.45) is 0 Å². The highest BCUT2D eigenvalue weighted by molar-refractivity contribution is 8.00. The SMILES string of the molecule is COC(=O)CSc1ccccc1CNC1CC1. The minimum atomic E-state index is -0.181. The molecule has 1 aromatic rings. The number of benzene rings is 1. The van der Waals surface area contributed by atoms with Crippen LogP contribution in [-0.4, -0.2) is 24.9 Å². The van der Waals surface area contributed by atoms with Crippen molar-refractivity contribution in [1.82, 2.24) is 5.32 Å². The van der Waals surface area contributed by atoms with Gasteiger partial charge in [-0.15, -0.1) is 11.8 Å². The van der Waals surface area contributed by atoms with Crippen LogP contribution in [0.5, 0.6) is 0 Å². The van der Waals surface area contributed by atoms with Gasteiger partial charge in [-0.1, -0.05) is 18.2 Å². The Bertz CT molecular complexity index is 391. The highest BCUT2D eigenvalue weighted by Crippen LogP contribution is 2.24. The molecule has 1 aromatic carbocycles. The Balaban J connectivity index is 1.91. The molecule has 2 rings (SSSR count). The van der Waals surface area contributed by atoms with E-state index in [1.54, 1.807) is 0 Å². The number of carbonyl (C=O) groups excluding carboxylic acids is 1. The van der Waals surface area contributed by atoms with Gasteiger partial charge in [-0.2, -0.15) is 0 Å². The number of ether oxygens (including phenoxy) is 1. The van der Waals surface area contributed by atoms with Crippen LogP contribution < -0.4 is 5.32 Å². The number of rotatable bonds is 6. The fraction of sp³-hybridized carbons (Fsp3) is 0.462. The summed E-state index contributed by atoms with van der Waals surface area (Å²) in [5, 5.41) is 3.49. The zero-order valence-electron chi connectivity index (χ0n) is 9.94. The molecule has 1 saturated carbocycles. The maximum absolute atomic E-state index is 11.1. The highest BCUT2D eigenvalue weighted by Gasteiger charge is 2.20. The molecule has 1 fully saturated rings. The molecule has 0 radical (unpaired) electrons.